The molecule has 1 N–H and O–H groups in total. The number of ether oxygens (including phenoxy) is 1. The van der Waals surface area contributed by atoms with E-state index in [2.05, 4.69) is 53.2 Å². The average Bonchev–Trinajstić information content (AvgIpc) is 2.70. The second kappa shape index (κ2) is 10.9. The van der Waals surface area contributed by atoms with E-state index in [-0.39, 0.29) is 5.91 Å². The van der Waals surface area contributed by atoms with Crippen molar-refractivity contribution in [1.82, 2.24) is 15.1 Å². The van der Waals surface area contributed by atoms with Gasteiger partial charge in [-0.05, 0) is 69.7 Å². The number of rotatable bonds is 8. The van der Waals surface area contributed by atoms with Crippen molar-refractivity contribution in [3.63, 3.8) is 0 Å². The van der Waals surface area contributed by atoms with E-state index in [0.717, 1.165) is 38.6 Å². The highest BCUT2D eigenvalue weighted by molar-refractivity contribution is 5.78. The Morgan fingerprint density at radius 1 is 1.07 bits per heavy atom. The van der Waals surface area contributed by atoms with Gasteiger partial charge < -0.3 is 15.0 Å². The first-order valence-corrected chi connectivity index (χ1v) is 11.0. The molecule has 2 aliphatic heterocycles. The molecule has 2 aliphatic rings. The normalized spacial score (nSPS) is 19.8. The number of carbonyl (C=O) groups is 1. The van der Waals surface area contributed by atoms with Crippen molar-refractivity contribution in [1.29, 1.82) is 0 Å². The van der Waals surface area contributed by atoms with Gasteiger partial charge in [0.15, 0.2) is 0 Å². The van der Waals surface area contributed by atoms with Crippen LogP contribution in [0, 0.1) is 5.92 Å². The van der Waals surface area contributed by atoms with Crippen molar-refractivity contribution >= 4 is 5.91 Å². The first-order chi connectivity index (χ1) is 13.6. The Bertz CT molecular complexity index is 588. The van der Waals surface area contributed by atoms with Gasteiger partial charge in [0, 0.05) is 25.7 Å². The van der Waals surface area contributed by atoms with E-state index < -0.39 is 0 Å². The van der Waals surface area contributed by atoms with Crippen LogP contribution in [0.3, 0.4) is 0 Å². The molecule has 2 fully saturated rings. The minimum absolute atomic E-state index is 0.117. The van der Waals surface area contributed by atoms with Crippen LogP contribution in [0.2, 0.25) is 0 Å². The van der Waals surface area contributed by atoms with Gasteiger partial charge in [-0.2, -0.15) is 0 Å². The second-order valence-corrected chi connectivity index (χ2v) is 8.58. The fraction of sp³-hybridized carbons (Fsp3) is 0.696. The molecule has 1 aromatic rings. The van der Waals surface area contributed by atoms with E-state index in [1.165, 1.54) is 43.5 Å². The first-order valence-electron chi connectivity index (χ1n) is 11.0. The standard InChI is InChI=1S/C23H37N3O2/c1-19(2)26-11-8-22(9-12-26)17-21-5-3-20(4-6-21)7-10-24-23(27)18-25-13-15-28-16-14-25/h3-6,19,22H,7-18H2,1-2H3,(H,24,27). The van der Waals surface area contributed by atoms with Gasteiger partial charge in [0.1, 0.15) is 0 Å². The van der Waals surface area contributed by atoms with Crippen molar-refractivity contribution in [2.24, 2.45) is 5.92 Å². The predicted octanol–water partition coefficient (Wildman–Crippen LogP) is 2.34. The zero-order valence-electron chi connectivity index (χ0n) is 17.7. The maximum absolute atomic E-state index is 12.0. The lowest BCUT2D eigenvalue weighted by molar-refractivity contribution is -0.123. The summed E-state index contributed by atoms with van der Waals surface area (Å²) in [5, 5.41) is 3.05. The van der Waals surface area contributed by atoms with Gasteiger partial charge in [-0.1, -0.05) is 24.3 Å². The van der Waals surface area contributed by atoms with Gasteiger partial charge >= 0.3 is 0 Å². The lowest BCUT2D eigenvalue weighted by atomic mass is 9.89. The van der Waals surface area contributed by atoms with Crippen LogP contribution in [0.4, 0.5) is 0 Å². The molecule has 1 amide bonds. The summed E-state index contributed by atoms with van der Waals surface area (Å²) in [6.07, 6.45) is 4.72. The maximum atomic E-state index is 12.0. The third-order valence-electron chi connectivity index (χ3n) is 6.13. The van der Waals surface area contributed by atoms with Crippen LogP contribution >= 0.6 is 0 Å². The van der Waals surface area contributed by atoms with Crippen molar-refractivity contribution in [3.05, 3.63) is 35.4 Å². The van der Waals surface area contributed by atoms with Crippen LogP contribution in [-0.2, 0) is 22.4 Å². The molecule has 0 radical (unpaired) electrons. The summed E-state index contributed by atoms with van der Waals surface area (Å²) < 4.78 is 5.32. The van der Waals surface area contributed by atoms with Gasteiger partial charge in [0.25, 0.3) is 0 Å². The average molecular weight is 388 g/mol. The number of hydrogen-bond acceptors (Lipinski definition) is 4. The Hall–Kier alpha value is -1.43. The van der Waals surface area contributed by atoms with Crippen molar-refractivity contribution in [3.8, 4) is 0 Å². The number of likely N-dealkylation sites (tertiary alicyclic amines) is 1. The van der Waals surface area contributed by atoms with Crippen LogP contribution < -0.4 is 5.32 Å². The monoisotopic (exact) mass is 387 g/mol. The Labute approximate surface area is 170 Å². The zero-order chi connectivity index (χ0) is 19.8. The summed E-state index contributed by atoms with van der Waals surface area (Å²) in [5.41, 5.74) is 2.74. The Morgan fingerprint density at radius 2 is 1.71 bits per heavy atom. The highest BCUT2D eigenvalue weighted by Crippen LogP contribution is 2.23. The molecule has 0 atom stereocenters. The molecule has 3 rings (SSSR count). The van der Waals surface area contributed by atoms with Gasteiger partial charge in [0.05, 0.1) is 19.8 Å². The lowest BCUT2D eigenvalue weighted by Crippen LogP contribution is -2.43. The van der Waals surface area contributed by atoms with Crippen molar-refractivity contribution in [2.45, 2.75) is 45.6 Å². The zero-order valence-corrected chi connectivity index (χ0v) is 17.7. The molecule has 1 aromatic carbocycles. The number of piperidine rings is 1. The lowest BCUT2D eigenvalue weighted by Gasteiger charge is -2.34. The number of carbonyl (C=O) groups excluding carboxylic acids is 1. The minimum atomic E-state index is 0.117. The largest absolute Gasteiger partial charge is 0.379 e. The number of benzene rings is 1. The first kappa shape index (κ1) is 21.3. The van der Waals surface area contributed by atoms with E-state index in [9.17, 15) is 4.79 Å². The Balaban J connectivity index is 1.33. The molecular formula is C23H37N3O2. The molecule has 0 aliphatic carbocycles. The summed E-state index contributed by atoms with van der Waals surface area (Å²) in [7, 11) is 0. The van der Waals surface area contributed by atoms with E-state index in [0.29, 0.717) is 19.1 Å². The molecule has 0 saturated carbocycles. The highest BCUT2D eigenvalue weighted by atomic mass is 16.5. The van der Waals surface area contributed by atoms with Crippen LogP contribution in [-0.4, -0.2) is 74.2 Å². The van der Waals surface area contributed by atoms with Gasteiger partial charge in [-0.3, -0.25) is 9.69 Å². The topological polar surface area (TPSA) is 44.8 Å². The number of amides is 1. The van der Waals surface area contributed by atoms with E-state index in [1.54, 1.807) is 0 Å². The molecule has 5 heteroatoms. The fourth-order valence-corrected chi connectivity index (χ4v) is 4.21. The van der Waals surface area contributed by atoms with E-state index in [1.807, 2.05) is 0 Å². The number of nitrogens with one attached hydrogen (secondary N) is 1. The maximum Gasteiger partial charge on any atom is 0.234 e. The van der Waals surface area contributed by atoms with E-state index in [4.69, 9.17) is 4.74 Å². The second-order valence-electron chi connectivity index (χ2n) is 8.58. The third-order valence-corrected chi connectivity index (χ3v) is 6.13. The summed E-state index contributed by atoms with van der Waals surface area (Å²) >= 11 is 0. The Morgan fingerprint density at radius 3 is 2.36 bits per heavy atom. The molecule has 28 heavy (non-hydrogen) atoms. The highest BCUT2D eigenvalue weighted by Gasteiger charge is 2.20. The molecule has 2 heterocycles. The molecule has 0 bridgehead atoms. The number of nitrogens with zero attached hydrogens (tertiary/aromatic N) is 2. The van der Waals surface area contributed by atoms with E-state index >= 15 is 0 Å². The SMILES string of the molecule is CC(C)N1CCC(Cc2ccc(CCNC(=O)CN3CCOCC3)cc2)CC1. The van der Waals surface area contributed by atoms with Crippen LogP contribution in [0.1, 0.15) is 37.8 Å². The molecule has 156 valence electrons. The Kier molecular flexibility index (Phi) is 8.31. The van der Waals surface area contributed by atoms with Crippen LogP contribution in [0.15, 0.2) is 24.3 Å². The molecular weight excluding hydrogens is 350 g/mol. The minimum Gasteiger partial charge on any atom is -0.379 e. The molecule has 5 nitrogen and oxygen atoms in total. The quantitative estimate of drug-likeness (QED) is 0.744. The molecule has 0 aromatic heterocycles. The summed E-state index contributed by atoms with van der Waals surface area (Å²) in [5.74, 6) is 0.937. The number of hydrogen-bond donors (Lipinski definition) is 1. The van der Waals surface area contributed by atoms with Crippen molar-refractivity contribution in [2.75, 3.05) is 52.5 Å². The summed E-state index contributed by atoms with van der Waals surface area (Å²) in [6.45, 7) is 11.4. The molecule has 2 saturated heterocycles. The van der Waals surface area contributed by atoms with Crippen LogP contribution in [0.5, 0.6) is 0 Å². The van der Waals surface area contributed by atoms with Gasteiger partial charge in [-0.25, -0.2) is 0 Å². The third kappa shape index (κ3) is 6.87. The predicted molar refractivity (Wildman–Crippen MR) is 114 cm³/mol. The summed E-state index contributed by atoms with van der Waals surface area (Å²) in [6, 6.07) is 9.69. The van der Waals surface area contributed by atoms with Crippen LogP contribution in [0.25, 0.3) is 0 Å². The number of morpholine rings is 1. The molecule has 0 spiro atoms. The van der Waals surface area contributed by atoms with Gasteiger partial charge in [-0.15, -0.1) is 0 Å². The molecule has 0 unspecified atom stereocenters. The smallest absolute Gasteiger partial charge is 0.234 e. The van der Waals surface area contributed by atoms with Gasteiger partial charge in [0.2, 0.25) is 5.91 Å². The van der Waals surface area contributed by atoms with Crippen molar-refractivity contribution < 1.29 is 9.53 Å². The fourth-order valence-electron chi connectivity index (χ4n) is 4.21. The summed E-state index contributed by atoms with van der Waals surface area (Å²) in [4.78, 5) is 16.8.